The number of hydrogen-bond acceptors (Lipinski definition) is 4. The first-order valence-electron chi connectivity index (χ1n) is 5.62. The molecular weight excluding hydrogens is 300 g/mol. The number of carbonyl (C=O) groups is 2. The van der Waals surface area contributed by atoms with Gasteiger partial charge >= 0.3 is 5.97 Å². The molecule has 1 aromatic heterocycles. The van der Waals surface area contributed by atoms with Crippen molar-refractivity contribution in [1.82, 2.24) is 0 Å². The Labute approximate surface area is 124 Å². The highest BCUT2D eigenvalue weighted by Gasteiger charge is 2.20. The van der Waals surface area contributed by atoms with Gasteiger partial charge in [-0.1, -0.05) is 23.7 Å². The summed E-state index contributed by atoms with van der Waals surface area (Å²) in [6.45, 7) is 0. The average molecular weight is 311 g/mol. The van der Waals surface area contributed by atoms with Crippen LogP contribution in [0.2, 0.25) is 5.02 Å². The Morgan fingerprint density at radius 1 is 1.30 bits per heavy atom. The smallest absolute Gasteiger partial charge is 0.339 e. The van der Waals surface area contributed by atoms with Crippen LogP contribution in [0.3, 0.4) is 0 Å². The van der Waals surface area contributed by atoms with Crippen LogP contribution in [0.25, 0.3) is 0 Å². The van der Waals surface area contributed by atoms with E-state index in [1.54, 1.807) is 18.2 Å². The van der Waals surface area contributed by atoms with Gasteiger partial charge in [-0.2, -0.15) is 0 Å². The van der Waals surface area contributed by atoms with Gasteiger partial charge in [0.15, 0.2) is 0 Å². The number of carbonyl (C=O) groups excluding carboxylic acids is 1. The summed E-state index contributed by atoms with van der Waals surface area (Å²) in [5.41, 5.74) is 5.79. The Morgan fingerprint density at radius 3 is 2.65 bits per heavy atom. The molecule has 1 heterocycles. The molecule has 2 aromatic rings. The van der Waals surface area contributed by atoms with Crippen molar-refractivity contribution in [2.75, 3.05) is 5.32 Å². The molecule has 0 saturated carbocycles. The normalized spacial score (nSPS) is 11.9. The summed E-state index contributed by atoms with van der Waals surface area (Å²) >= 11 is 7.18. The monoisotopic (exact) mass is 310 g/mol. The lowest BCUT2D eigenvalue weighted by molar-refractivity contribution is -0.117. The zero-order chi connectivity index (χ0) is 14.7. The van der Waals surface area contributed by atoms with Crippen LogP contribution in [0.15, 0.2) is 35.7 Å². The van der Waals surface area contributed by atoms with E-state index in [-0.39, 0.29) is 16.3 Å². The average Bonchev–Trinajstić information content (AvgIpc) is 2.91. The van der Waals surface area contributed by atoms with E-state index in [1.165, 1.54) is 23.5 Å². The van der Waals surface area contributed by atoms with E-state index in [0.29, 0.717) is 4.88 Å². The molecule has 0 aliphatic rings. The fraction of sp³-hybridized carbons (Fsp3) is 0.0769. The van der Waals surface area contributed by atoms with Crippen molar-refractivity contribution in [2.24, 2.45) is 5.73 Å². The van der Waals surface area contributed by atoms with Crippen LogP contribution in [0.1, 0.15) is 21.3 Å². The highest BCUT2D eigenvalue weighted by Crippen LogP contribution is 2.26. The molecule has 104 valence electrons. The van der Waals surface area contributed by atoms with Crippen LogP contribution in [-0.4, -0.2) is 17.0 Å². The second-order valence-electron chi connectivity index (χ2n) is 3.95. The Balaban J connectivity index is 2.24. The molecule has 1 unspecified atom stereocenters. The minimum Gasteiger partial charge on any atom is -0.478 e. The number of nitrogens with one attached hydrogen (secondary N) is 1. The Morgan fingerprint density at radius 2 is 2.05 bits per heavy atom. The molecule has 2 rings (SSSR count). The molecule has 0 aliphatic heterocycles. The first kappa shape index (κ1) is 14.5. The molecule has 7 heteroatoms. The van der Waals surface area contributed by atoms with Crippen LogP contribution in [0.4, 0.5) is 5.69 Å². The number of anilines is 1. The van der Waals surface area contributed by atoms with Crippen LogP contribution in [0.5, 0.6) is 0 Å². The third-order valence-electron chi connectivity index (χ3n) is 2.62. The summed E-state index contributed by atoms with van der Waals surface area (Å²) in [6.07, 6.45) is 0. The van der Waals surface area contributed by atoms with Gasteiger partial charge in [0.1, 0.15) is 11.6 Å². The molecule has 0 spiro atoms. The number of benzene rings is 1. The molecule has 1 aromatic carbocycles. The number of hydrogen-bond donors (Lipinski definition) is 3. The summed E-state index contributed by atoms with van der Waals surface area (Å²) in [5.74, 6) is -1.70. The molecule has 0 aliphatic carbocycles. The largest absolute Gasteiger partial charge is 0.478 e. The number of nitrogens with two attached hydrogens (primary N) is 1. The molecular formula is C13H11ClN2O3S. The van der Waals surface area contributed by atoms with Gasteiger partial charge in [-0.25, -0.2) is 4.79 Å². The Bertz CT molecular complexity index is 643. The number of thiophene rings is 1. The maximum absolute atomic E-state index is 12.0. The third kappa shape index (κ3) is 2.98. The van der Waals surface area contributed by atoms with E-state index in [2.05, 4.69) is 5.32 Å². The zero-order valence-corrected chi connectivity index (χ0v) is 11.7. The van der Waals surface area contributed by atoms with Crippen molar-refractivity contribution in [3.8, 4) is 0 Å². The van der Waals surface area contributed by atoms with Crippen molar-refractivity contribution in [2.45, 2.75) is 6.04 Å². The fourth-order valence-corrected chi connectivity index (χ4v) is 2.63. The predicted molar refractivity (Wildman–Crippen MR) is 78.3 cm³/mol. The van der Waals surface area contributed by atoms with Gasteiger partial charge in [-0.05, 0) is 23.6 Å². The highest BCUT2D eigenvalue weighted by molar-refractivity contribution is 7.10. The summed E-state index contributed by atoms with van der Waals surface area (Å²) in [5, 5.41) is 13.5. The molecule has 0 radical (unpaired) electrons. The number of carboxylic acid groups (broad SMARTS) is 1. The van der Waals surface area contributed by atoms with Gasteiger partial charge < -0.3 is 16.2 Å². The van der Waals surface area contributed by atoms with Gasteiger partial charge in [-0.3, -0.25) is 4.79 Å². The molecule has 5 nitrogen and oxygen atoms in total. The first-order valence-corrected chi connectivity index (χ1v) is 6.88. The van der Waals surface area contributed by atoms with Crippen molar-refractivity contribution in [1.29, 1.82) is 0 Å². The number of carboxylic acids is 1. The predicted octanol–water partition coefficient (Wildman–Crippen LogP) is 2.74. The van der Waals surface area contributed by atoms with E-state index < -0.39 is 17.9 Å². The second kappa shape index (κ2) is 6.04. The van der Waals surface area contributed by atoms with Crippen LogP contribution in [0, 0.1) is 0 Å². The minimum atomic E-state index is -1.21. The number of aromatic carboxylic acids is 1. The first-order chi connectivity index (χ1) is 9.50. The lowest BCUT2D eigenvalue weighted by atomic mass is 10.1. The maximum atomic E-state index is 12.0. The number of amides is 1. The highest BCUT2D eigenvalue weighted by atomic mass is 35.5. The van der Waals surface area contributed by atoms with E-state index in [9.17, 15) is 9.59 Å². The van der Waals surface area contributed by atoms with E-state index in [4.69, 9.17) is 22.4 Å². The SMILES string of the molecule is NC(C(=O)Nc1cccc(Cl)c1C(=O)O)c1cccs1. The van der Waals surface area contributed by atoms with Gasteiger partial charge in [-0.15, -0.1) is 11.3 Å². The summed E-state index contributed by atoms with van der Waals surface area (Å²) in [7, 11) is 0. The van der Waals surface area contributed by atoms with Gasteiger partial charge in [0.25, 0.3) is 0 Å². The Hall–Kier alpha value is -1.89. The lowest BCUT2D eigenvalue weighted by Crippen LogP contribution is -2.27. The quantitative estimate of drug-likeness (QED) is 0.809. The van der Waals surface area contributed by atoms with Gasteiger partial charge in [0.05, 0.1) is 10.7 Å². The zero-order valence-electron chi connectivity index (χ0n) is 10.2. The van der Waals surface area contributed by atoms with E-state index in [0.717, 1.165) is 0 Å². The molecule has 0 saturated heterocycles. The number of rotatable bonds is 4. The standard InChI is InChI=1S/C13H11ClN2O3S/c14-7-3-1-4-8(10(7)13(18)19)16-12(17)11(15)9-5-2-6-20-9/h1-6,11H,15H2,(H,16,17)(H,18,19). The lowest BCUT2D eigenvalue weighted by Gasteiger charge is -2.13. The maximum Gasteiger partial charge on any atom is 0.339 e. The van der Waals surface area contributed by atoms with Crippen molar-refractivity contribution in [3.05, 3.63) is 51.2 Å². The van der Waals surface area contributed by atoms with E-state index in [1.807, 2.05) is 5.38 Å². The number of halogens is 1. The summed E-state index contributed by atoms with van der Waals surface area (Å²) < 4.78 is 0. The summed E-state index contributed by atoms with van der Waals surface area (Å²) in [6, 6.07) is 7.14. The fourth-order valence-electron chi connectivity index (χ4n) is 1.65. The second-order valence-corrected chi connectivity index (χ2v) is 5.34. The minimum absolute atomic E-state index is 0.0556. The van der Waals surface area contributed by atoms with Crippen LogP contribution < -0.4 is 11.1 Å². The molecule has 1 amide bonds. The topological polar surface area (TPSA) is 92.4 Å². The van der Waals surface area contributed by atoms with Crippen molar-refractivity contribution < 1.29 is 14.7 Å². The molecule has 4 N–H and O–H groups in total. The molecule has 20 heavy (non-hydrogen) atoms. The molecule has 0 bridgehead atoms. The van der Waals surface area contributed by atoms with Crippen molar-refractivity contribution >= 4 is 40.5 Å². The summed E-state index contributed by atoms with van der Waals surface area (Å²) in [4.78, 5) is 23.9. The molecule has 1 atom stereocenters. The van der Waals surface area contributed by atoms with Crippen LogP contribution in [-0.2, 0) is 4.79 Å². The Kier molecular flexibility index (Phi) is 4.39. The van der Waals surface area contributed by atoms with E-state index >= 15 is 0 Å². The van der Waals surface area contributed by atoms with Gasteiger partial charge in [0.2, 0.25) is 5.91 Å². The van der Waals surface area contributed by atoms with Crippen molar-refractivity contribution in [3.63, 3.8) is 0 Å². The van der Waals surface area contributed by atoms with Gasteiger partial charge in [0, 0.05) is 4.88 Å². The molecule has 0 fully saturated rings. The third-order valence-corrected chi connectivity index (χ3v) is 3.89. The van der Waals surface area contributed by atoms with Crippen LogP contribution >= 0.6 is 22.9 Å².